The first-order valence-electron chi connectivity index (χ1n) is 4.20. The highest BCUT2D eigenvalue weighted by molar-refractivity contribution is 8.13. The van der Waals surface area contributed by atoms with Crippen molar-refractivity contribution in [2.24, 2.45) is 0 Å². The summed E-state index contributed by atoms with van der Waals surface area (Å²) in [6.07, 6.45) is -10.5. The topological polar surface area (TPSA) is 54.4 Å². The van der Waals surface area contributed by atoms with Crippen molar-refractivity contribution in [2.45, 2.75) is 17.2 Å². The molecule has 1 rings (SSSR count). The van der Waals surface area contributed by atoms with Crippen LogP contribution < -0.4 is 0 Å². The van der Waals surface area contributed by atoms with E-state index in [1.54, 1.807) is 0 Å². The Bertz CT molecular complexity index is 604. The van der Waals surface area contributed by atoms with Crippen LogP contribution in [0.5, 0.6) is 5.75 Å². The fraction of sp³-hybridized carbons (Fsp3) is 0.250. The molecule has 1 N–H and O–H groups in total. The van der Waals surface area contributed by atoms with Gasteiger partial charge in [0.25, 0.3) is 9.05 Å². The minimum Gasteiger partial charge on any atom is -0.507 e. The second-order valence-corrected chi connectivity index (χ2v) is 5.83. The molecule has 1 aromatic carbocycles. The van der Waals surface area contributed by atoms with Crippen LogP contribution in [0.1, 0.15) is 11.1 Å². The molecule has 0 saturated heterocycles. The van der Waals surface area contributed by atoms with Crippen LogP contribution in [0.4, 0.5) is 26.3 Å². The third-order valence-corrected chi connectivity index (χ3v) is 3.33. The molecule has 0 amide bonds. The fourth-order valence-corrected chi connectivity index (χ4v) is 2.30. The van der Waals surface area contributed by atoms with Gasteiger partial charge in [0.2, 0.25) is 0 Å². The quantitative estimate of drug-likeness (QED) is 0.635. The van der Waals surface area contributed by atoms with E-state index in [4.69, 9.17) is 5.11 Å². The summed E-state index contributed by atoms with van der Waals surface area (Å²) in [5.41, 5.74) is -3.91. The molecule has 0 aliphatic rings. The van der Waals surface area contributed by atoms with Gasteiger partial charge in [0, 0.05) is 10.7 Å². The maximum atomic E-state index is 12.5. The Morgan fingerprint density at radius 3 is 1.68 bits per heavy atom. The summed E-state index contributed by atoms with van der Waals surface area (Å²) < 4.78 is 96.3. The van der Waals surface area contributed by atoms with Gasteiger partial charge in [0.15, 0.2) is 0 Å². The largest absolute Gasteiger partial charge is 0.507 e. The summed E-state index contributed by atoms with van der Waals surface area (Å²) in [7, 11) is -0.408. The Labute approximate surface area is 106 Å². The van der Waals surface area contributed by atoms with Crippen LogP contribution in [-0.4, -0.2) is 13.5 Å². The van der Waals surface area contributed by atoms with E-state index in [0.29, 0.717) is 0 Å². The number of aromatic hydroxyl groups is 1. The molecule has 0 fully saturated rings. The van der Waals surface area contributed by atoms with Crippen LogP contribution in [0.25, 0.3) is 0 Å². The lowest BCUT2D eigenvalue weighted by Crippen LogP contribution is -2.14. The highest BCUT2D eigenvalue weighted by Gasteiger charge is 2.42. The second-order valence-electron chi connectivity index (χ2n) is 3.30. The zero-order chi connectivity index (χ0) is 15.2. The first-order valence-corrected chi connectivity index (χ1v) is 6.51. The van der Waals surface area contributed by atoms with Crippen molar-refractivity contribution in [2.75, 3.05) is 0 Å². The molecule has 0 aliphatic carbocycles. The van der Waals surface area contributed by atoms with Gasteiger partial charge in [0.05, 0.1) is 16.0 Å². The van der Waals surface area contributed by atoms with E-state index >= 15 is 0 Å². The third-order valence-electron chi connectivity index (χ3n) is 1.97. The summed E-state index contributed by atoms with van der Waals surface area (Å²) in [6, 6.07) is -0.696. The van der Waals surface area contributed by atoms with Gasteiger partial charge in [0.1, 0.15) is 5.75 Å². The number of halogens is 7. The van der Waals surface area contributed by atoms with Gasteiger partial charge in [-0.15, -0.1) is 0 Å². The zero-order valence-corrected chi connectivity index (χ0v) is 10.0. The van der Waals surface area contributed by atoms with E-state index in [0.717, 1.165) is 0 Å². The molecule has 0 aromatic heterocycles. The normalized spacial score (nSPS) is 13.6. The van der Waals surface area contributed by atoms with E-state index < -0.39 is 43.2 Å². The summed E-state index contributed by atoms with van der Waals surface area (Å²) in [4.78, 5) is -1.77. The summed E-state index contributed by atoms with van der Waals surface area (Å²) >= 11 is 0. The van der Waals surface area contributed by atoms with Gasteiger partial charge >= 0.3 is 12.4 Å². The number of hydrogen-bond donors (Lipinski definition) is 1. The Morgan fingerprint density at radius 1 is 0.947 bits per heavy atom. The molecule has 0 heterocycles. The standard InChI is InChI=1S/C8H3ClF6O3S/c9-19(17,18)6-2-3(7(10,11)12)5(16)1-4(6)8(13,14)15/h1-2,16H. The average molecular weight is 329 g/mol. The van der Waals surface area contributed by atoms with Gasteiger partial charge < -0.3 is 5.11 Å². The van der Waals surface area contributed by atoms with Crippen molar-refractivity contribution in [1.82, 2.24) is 0 Å². The Kier molecular flexibility index (Phi) is 3.72. The van der Waals surface area contributed by atoms with Crippen molar-refractivity contribution < 1.29 is 39.9 Å². The van der Waals surface area contributed by atoms with Gasteiger partial charge in [-0.1, -0.05) is 0 Å². The molecule has 0 bridgehead atoms. The highest BCUT2D eigenvalue weighted by atomic mass is 35.7. The number of rotatable bonds is 1. The summed E-state index contributed by atoms with van der Waals surface area (Å²) in [6.45, 7) is 0. The molecule has 1 aromatic rings. The van der Waals surface area contributed by atoms with Gasteiger partial charge in [-0.25, -0.2) is 8.42 Å². The Balaban J connectivity index is 3.76. The minimum absolute atomic E-state index is 0.335. The lowest BCUT2D eigenvalue weighted by molar-refractivity contribution is -0.144. The second kappa shape index (κ2) is 4.44. The lowest BCUT2D eigenvalue weighted by atomic mass is 10.1. The lowest BCUT2D eigenvalue weighted by Gasteiger charge is -2.15. The maximum absolute atomic E-state index is 12.5. The number of phenols is 1. The van der Waals surface area contributed by atoms with Gasteiger partial charge in [-0.3, -0.25) is 0 Å². The van der Waals surface area contributed by atoms with Crippen molar-refractivity contribution in [3.63, 3.8) is 0 Å². The third kappa shape index (κ3) is 3.44. The molecular weight excluding hydrogens is 326 g/mol. The summed E-state index contributed by atoms with van der Waals surface area (Å²) in [5, 5.41) is 8.92. The predicted octanol–water partition coefficient (Wildman–Crippen LogP) is 3.36. The van der Waals surface area contributed by atoms with Crippen LogP contribution in [0.15, 0.2) is 17.0 Å². The van der Waals surface area contributed by atoms with Gasteiger partial charge in [-0.2, -0.15) is 26.3 Å². The van der Waals surface area contributed by atoms with E-state index in [9.17, 15) is 34.8 Å². The first kappa shape index (κ1) is 15.9. The maximum Gasteiger partial charge on any atom is 0.419 e. The van der Waals surface area contributed by atoms with Crippen LogP contribution in [0.2, 0.25) is 0 Å². The van der Waals surface area contributed by atoms with Gasteiger partial charge in [-0.05, 0) is 12.1 Å². The molecule has 108 valence electrons. The van der Waals surface area contributed by atoms with Crippen LogP contribution in [-0.2, 0) is 21.4 Å². The number of hydrogen-bond acceptors (Lipinski definition) is 3. The molecule has 0 atom stereocenters. The van der Waals surface area contributed by atoms with Crippen LogP contribution in [0.3, 0.4) is 0 Å². The molecule has 0 spiro atoms. The molecule has 3 nitrogen and oxygen atoms in total. The van der Waals surface area contributed by atoms with E-state index in [-0.39, 0.29) is 12.1 Å². The van der Waals surface area contributed by atoms with E-state index in [1.807, 2.05) is 0 Å². The van der Waals surface area contributed by atoms with Crippen molar-refractivity contribution in [1.29, 1.82) is 0 Å². The van der Waals surface area contributed by atoms with Crippen molar-refractivity contribution in [3.05, 3.63) is 23.3 Å². The van der Waals surface area contributed by atoms with E-state index in [1.165, 1.54) is 0 Å². The fourth-order valence-electron chi connectivity index (χ4n) is 1.22. The number of phenolic OH excluding ortho intramolecular Hbond substituents is 1. The van der Waals surface area contributed by atoms with Crippen molar-refractivity contribution in [3.8, 4) is 5.75 Å². The Morgan fingerprint density at radius 2 is 1.37 bits per heavy atom. The van der Waals surface area contributed by atoms with Crippen LogP contribution in [0, 0.1) is 0 Å². The van der Waals surface area contributed by atoms with Crippen molar-refractivity contribution >= 4 is 19.7 Å². The molecule has 11 heteroatoms. The minimum atomic E-state index is -5.29. The highest BCUT2D eigenvalue weighted by Crippen LogP contribution is 2.43. The molecular formula is C8H3ClF6O3S. The summed E-state index contributed by atoms with van der Waals surface area (Å²) in [5.74, 6) is -1.75. The molecule has 0 aliphatic heterocycles. The molecule has 19 heavy (non-hydrogen) atoms. The van der Waals surface area contributed by atoms with E-state index in [2.05, 4.69) is 10.7 Å². The van der Waals surface area contributed by atoms with Crippen LogP contribution >= 0.6 is 10.7 Å². The predicted molar refractivity (Wildman–Crippen MR) is 51.1 cm³/mol. The first-order chi connectivity index (χ1) is 8.24. The Hall–Kier alpha value is -1.16. The number of alkyl halides is 6. The smallest absolute Gasteiger partial charge is 0.419 e. The molecule has 0 radical (unpaired) electrons. The average Bonchev–Trinajstić information content (AvgIpc) is 2.11. The number of benzene rings is 1. The SMILES string of the molecule is O=S(=O)(Cl)c1cc(C(F)(F)F)c(O)cc1C(F)(F)F. The molecule has 0 saturated carbocycles. The zero-order valence-electron chi connectivity index (χ0n) is 8.47. The monoisotopic (exact) mass is 328 g/mol. The molecule has 0 unspecified atom stereocenters.